The second-order valence-electron chi connectivity index (χ2n) is 28.7. The molecule has 1 saturated carbocycles. The Labute approximate surface area is 432 Å². The molecular formula is C67H79BN2S. The van der Waals surface area contributed by atoms with Crippen LogP contribution in [0.2, 0.25) is 0 Å². The van der Waals surface area contributed by atoms with Gasteiger partial charge in [-0.15, -0.1) is 11.3 Å². The largest absolute Gasteiger partial charge is 0.311 e. The molecule has 3 heterocycles. The fraction of sp³-hybridized carbons (Fsp3) is 0.493. The fourth-order valence-corrected chi connectivity index (χ4v) is 17.5. The van der Waals surface area contributed by atoms with Crippen molar-refractivity contribution in [3.8, 4) is 11.1 Å². The van der Waals surface area contributed by atoms with E-state index >= 15 is 0 Å². The zero-order chi connectivity index (χ0) is 50.0. The molecular weight excluding hydrogens is 876 g/mol. The maximum absolute atomic E-state index is 2.84. The summed E-state index contributed by atoms with van der Waals surface area (Å²) < 4.78 is 0. The van der Waals surface area contributed by atoms with Gasteiger partial charge in [-0.3, -0.25) is 0 Å². The number of thiophene rings is 1. The number of anilines is 6. The van der Waals surface area contributed by atoms with Gasteiger partial charge in [0.05, 0.1) is 10.7 Å². The van der Waals surface area contributed by atoms with Gasteiger partial charge in [-0.2, -0.15) is 0 Å². The molecule has 8 aliphatic rings. The second kappa shape index (κ2) is 14.4. The first-order chi connectivity index (χ1) is 33.3. The second-order valence-corrected chi connectivity index (χ2v) is 29.7. The van der Waals surface area contributed by atoms with Crippen molar-refractivity contribution in [3.63, 3.8) is 0 Å². The number of nitrogens with zero attached hydrogens (tertiary/aromatic N) is 2. The minimum atomic E-state index is 0.0218. The molecule has 14 rings (SSSR count). The molecule has 1 fully saturated rings. The van der Waals surface area contributed by atoms with E-state index in [1.165, 1.54) is 148 Å². The Bertz CT molecular complexity index is 3270. The monoisotopic (exact) mass is 955 g/mol. The zero-order valence-corrected chi connectivity index (χ0v) is 46.9. The van der Waals surface area contributed by atoms with E-state index in [2.05, 4.69) is 210 Å². The maximum atomic E-state index is 2.84. The summed E-state index contributed by atoms with van der Waals surface area (Å²) >= 11 is 2.15. The molecule has 2 aliphatic heterocycles. The molecule has 366 valence electrons. The molecule has 0 amide bonds. The van der Waals surface area contributed by atoms with Crippen LogP contribution in [0.15, 0.2) is 84.9 Å². The summed E-state index contributed by atoms with van der Waals surface area (Å²) in [4.78, 5) is 7.24. The SMILES string of the molecule is Cc1cc2c3c(c1)N(c1cc4c(cc1-c1ccccc1)C(C)(C)CCC4(C)C)c1sc4c(c1B3c1cc3c(cc1N2c1ccc2c(c1)C(C)(C)CCC2(C)C)C1(C)CCC3(C)CC1)C(C)(C)CCC4(C)C. The summed E-state index contributed by atoms with van der Waals surface area (Å²) in [6.45, 7) is 38.0. The van der Waals surface area contributed by atoms with Gasteiger partial charge in [0.1, 0.15) is 0 Å². The fourth-order valence-electron chi connectivity index (χ4n) is 15.8. The van der Waals surface area contributed by atoms with E-state index in [0.717, 1.165) is 0 Å². The van der Waals surface area contributed by atoms with Crippen molar-refractivity contribution in [2.24, 2.45) is 0 Å². The zero-order valence-electron chi connectivity index (χ0n) is 46.0. The number of benzene rings is 5. The maximum Gasteiger partial charge on any atom is 0.253 e. The highest BCUT2D eigenvalue weighted by atomic mass is 32.1. The molecule has 0 unspecified atom stereocenters. The van der Waals surface area contributed by atoms with Gasteiger partial charge in [0.15, 0.2) is 0 Å². The standard InChI is InChI=1S/C67H79BN2S/c1-40-33-53-56-54(34-40)70(51-38-47-46(62(6,7)25-26-63(47,8)9)36-43(51)41-19-17-16-18-20-41)59-57(55-58(71-59)65(12,13)28-27-64(55,10)11)68(56)50-37-48-49(67(15)31-29-66(48,14)30-32-67)39-52(50)69(53)42-21-22-44-45(35-42)61(4,5)24-23-60(44,2)3/h16-22,33-39H,23-32H2,1-15H3. The summed E-state index contributed by atoms with van der Waals surface area (Å²) in [5.41, 5.74) is 27.2. The van der Waals surface area contributed by atoms with E-state index in [-0.39, 0.29) is 50.0 Å². The lowest BCUT2D eigenvalue weighted by Gasteiger charge is -2.53. The molecule has 6 aromatic rings. The highest BCUT2D eigenvalue weighted by molar-refractivity contribution is 7.20. The van der Waals surface area contributed by atoms with Crippen LogP contribution < -0.4 is 26.2 Å². The highest BCUT2D eigenvalue weighted by Crippen LogP contribution is 2.61. The van der Waals surface area contributed by atoms with Gasteiger partial charge >= 0.3 is 0 Å². The van der Waals surface area contributed by atoms with Crippen LogP contribution >= 0.6 is 11.3 Å². The average molecular weight is 955 g/mol. The summed E-state index contributed by atoms with van der Waals surface area (Å²) in [5, 5.41) is 1.45. The lowest BCUT2D eigenvalue weighted by Crippen LogP contribution is -2.63. The summed E-state index contributed by atoms with van der Waals surface area (Å²) in [6, 6.07) is 35.2. The van der Waals surface area contributed by atoms with Crippen LogP contribution in [0.25, 0.3) is 11.1 Å². The van der Waals surface area contributed by atoms with Crippen LogP contribution in [0.1, 0.15) is 211 Å². The Morgan fingerprint density at radius 2 is 0.930 bits per heavy atom. The van der Waals surface area contributed by atoms with Crippen molar-refractivity contribution in [2.75, 3.05) is 9.80 Å². The normalized spacial score (nSPS) is 25.8. The number of hydrogen-bond acceptors (Lipinski definition) is 3. The Morgan fingerprint density at radius 3 is 1.55 bits per heavy atom. The molecule has 4 heteroatoms. The molecule has 0 spiro atoms. The molecule has 71 heavy (non-hydrogen) atoms. The first-order valence-electron chi connectivity index (χ1n) is 27.8. The van der Waals surface area contributed by atoms with Crippen molar-refractivity contribution in [1.82, 2.24) is 0 Å². The third-order valence-corrected chi connectivity index (χ3v) is 22.6. The van der Waals surface area contributed by atoms with Crippen LogP contribution in [-0.4, -0.2) is 6.71 Å². The number of fused-ring (bicyclic) bond motifs is 10. The summed E-state index contributed by atoms with van der Waals surface area (Å²) in [5.74, 6) is 0. The predicted molar refractivity (Wildman–Crippen MR) is 308 cm³/mol. The molecule has 2 bridgehead atoms. The Kier molecular flexibility index (Phi) is 9.38. The lowest BCUT2D eigenvalue weighted by molar-refractivity contribution is 0.188. The smallest absolute Gasteiger partial charge is 0.253 e. The van der Waals surface area contributed by atoms with Crippen LogP contribution in [0.3, 0.4) is 0 Å². The average Bonchev–Trinajstić information content (AvgIpc) is 3.74. The van der Waals surface area contributed by atoms with E-state index in [1.807, 2.05) is 0 Å². The Balaban J connectivity index is 1.19. The first kappa shape index (κ1) is 46.3. The lowest BCUT2D eigenvalue weighted by atomic mass is 9.32. The first-order valence-corrected chi connectivity index (χ1v) is 28.6. The molecule has 2 nitrogen and oxygen atoms in total. The molecule has 0 saturated heterocycles. The van der Waals surface area contributed by atoms with Gasteiger partial charge in [0, 0.05) is 33.2 Å². The van der Waals surface area contributed by atoms with Gasteiger partial charge in [-0.05, 0) is 223 Å². The number of aryl methyl sites for hydroxylation is 1. The summed E-state index contributed by atoms with van der Waals surface area (Å²) in [6.07, 6.45) is 12.3. The molecule has 0 N–H and O–H groups in total. The molecule has 6 aliphatic carbocycles. The number of hydrogen-bond donors (Lipinski definition) is 0. The van der Waals surface area contributed by atoms with Gasteiger partial charge in [0.2, 0.25) is 0 Å². The van der Waals surface area contributed by atoms with Gasteiger partial charge in [0.25, 0.3) is 6.71 Å². The van der Waals surface area contributed by atoms with Crippen molar-refractivity contribution in [2.45, 2.75) is 211 Å². The summed E-state index contributed by atoms with van der Waals surface area (Å²) in [7, 11) is 0. The molecule has 0 radical (unpaired) electrons. The van der Waals surface area contributed by atoms with Crippen LogP contribution in [0, 0.1) is 6.92 Å². The van der Waals surface area contributed by atoms with Gasteiger partial charge in [-0.1, -0.05) is 139 Å². The predicted octanol–water partition coefficient (Wildman–Crippen LogP) is 17.0. The van der Waals surface area contributed by atoms with E-state index < -0.39 is 0 Å². The highest BCUT2D eigenvalue weighted by Gasteiger charge is 2.55. The van der Waals surface area contributed by atoms with E-state index in [0.29, 0.717) is 0 Å². The topological polar surface area (TPSA) is 6.48 Å². The minimum absolute atomic E-state index is 0.0218. The van der Waals surface area contributed by atoms with Crippen LogP contribution in [0.5, 0.6) is 0 Å². The van der Waals surface area contributed by atoms with Crippen LogP contribution in [0.4, 0.5) is 33.4 Å². The third-order valence-electron chi connectivity index (χ3n) is 21.0. The number of rotatable bonds is 3. The van der Waals surface area contributed by atoms with Crippen molar-refractivity contribution in [3.05, 3.63) is 134 Å². The van der Waals surface area contributed by atoms with E-state index in [1.54, 1.807) is 27.0 Å². The van der Waals surface area contributed by atoms with Gasteiger partial charge < -0.3 is 9.80 Å². The Morgan fingerprint density at radius 1 is 0.423 bits per heavy atom. The Hall–Kier alpha value is -4.54. The van der Waals surface area contributed by atoms with Gasteiger partial charge in [-0.25, -0.2) is 0 Å². The van der Waals surface area contributed by atoms with Crippen molar-refractivity contribution >= 4 is 67.9 Å². The minimum Gasteiger partial charge on any atom is -0.311 e. The molecule has 0 atom stereocenters. The van der Waals surface area contributed by atoms with E-state index in [9.17, 15) is 0 Å². The molecule has 5 aromatic carbocycles. The molecule has 1 aromatic heterocycles. The van der Waals surface area contributed by atoms with Crippen LogP contribution in [-0.2, 0) is 43.3 Å². The van der Waals surface area contributed by atoms with Crippen molar-refractivity contribution in [1.29, 1.82) is 0 Å². The third kappa shape index (κ3) is 6.37. The van der Waals surface area contributed by atoms with E-state index in [4.69, 9.17) is 0 Å². The quantitative estimate of drug-likeness (QED) is 0.163. The van der Waals surface area contributed by atoms with Crippen molar-refractivity contribution < 1.29 is 0 Å².